The van der Waals surface area contributed by atoms with E-state index in [1.165, 1.54) is 173 Å². The first-order valence-electron chi connectivity index (χ1n) is 19.1. The first-order chi connectivity index (χ1) is 21.1. The molecule has 0 fully saturated rings. The average molecular weight is 604 g/mol. The van der Waals surface area contributed by atoms with E-state index < -0.39 is 5.54 Å². The number of rotatable bonds is 34. The van der Waals surface area contributed by atoms with E-state index in [2.05, 4.69) is 32.6 Å². The molecule has 0 aromatic rings. The molecule has 0 spiro atoms. The zero-order chi connectivity index (χ0) is 31.7. The normalized spacial score (nSPS) is 13.0. The van der Waals surface area contributed by atoms with E-state index in [-0.39, 0.29) is 12.5 Å². The molecule has 43 heavy (non-hydrogen) atoms. The van der Waals surface area contributed by atoms with Crippen molar-refractivity contribution in [1.29, 1.82) is 0 Å². The van der Waals surface area contributed by atoms with E-state index in [0.29, 0.717) is 0 Å². The highest BCUT2D eigenvalue weighted by Gasteiger charge is 2.32. The Kier molecular flexibility index (Phi) is 31.4. The molecular weight excluding hydrogens is 526 g/mol. The summed E-state index contributed by atoms with van der Waals surface area (Å²) in [6.45, 7) is 10.0. The standard InChI is InChI=1S/C39H77N3O/c1-4-7-9-11-13-15-17-19-21-22-24-26-28-30-32-34-36-42(38(43)39(41,6-3)37-40)35-33-31-29-27-25-23-20-18-16-14-12-10-8-5-2/h6,19,21H,3-5,7-18,20,22-37,40-41H2,1-2H3. The number of allylic oxidation sites excluding steroid dienone is 2. The van der Waals surface area contributed by atoms with Crippen LogP contribution in [0.2, 0.25) is 0 Å². The van der Waals surface area contributed by atoms with Crippen LogP contribution in [-0.4, -0.2) is 36.0 Å². The summed E-state index contributed by atoms with van der Waals surface area (Å²) in [4.78, 5) is 15.2. The third kappa shape index (κ3) is 25.9. The Balaban J connectivity index is 4.00. The number of amides is 1. The first-order valence-corrected chi connectivity index (χ1v) is 19.1. The van der Waals surface area contributed by atoms with Gasteiger partial charge in [-0.3, -0.25) is 4.79 Å². The van der Waals surface area contributed by atoms with Crippen molar-refractivity contribution in [2.75, 3.05) is 19.6 Å². The van der Waals surface area contributed by atoms with Gasteiger partial charge in [0.15, 0.2) is 0 Å². The lowest BCUT2D eigenvalue weighted by molar-refractivity contribution is -0.135. The number of unbranched alkanes of at least 4 members (excludes halogenated alkanes) is 25. The molecule has 0 heterocycles. The van der Waals surface area contributed by atoms with Gasteiger partial charge in [0.2, 0.25) is 5.91 Å². The van der Waals surface area contributed by atoms with Gasteiger partial charge in [-0.15, -0.1) is 6.58 Å². The molecule has 4 nitrogen and oxygen atoms in total. The second-order valence-corrected chi connectivity index (χ2v) is 13.3. The van der Waals surface area contributed by atoms with E-state index in [0.717, 1.165) is 25.9 Å². The van der Waals surface area contributed by atoms with E-state index in [1.54, 1.807) is 0 Å². The van der Waals surface area contributed by atoms with Gasteiger partial charge in [-0.2, -0.15) is 0 Å². The molecule has 0 aromatic carbocycles. The fourth-order valence-electron chi connectivity index (χ4n) is 5.91. The highest BCUT2D eigenvalue weighted by Crippen LogP contribution is 2.16. The Hall–Kier alpha value is -1.13. The van der Waals surface area contributed by atoms with Gasteiger partial charge in [-0.05, 0) is 38.5 Å². The SMILES string of the molecule is C=CC(N)(CN)C(=O)N(CCCCCCCCC=CCCCCCCCC)CCCCCCCCCCCCCCCC. The Morgan fingerprint density at radius 1 is 0.558 bits per heavy atom. The molecule has 4 heteroatoms. The third-order valence-corrected chi connectivity index (χ3v) is 9.11. The molecule has 1 atom stereocenters. The molecule has 1 unspecified atom stereocenters. The summed E-state index contributed by atoms with van der Waals surface area (Å²) in [6.07, 6.45) is 43.2. The van der Waals surface area contributed by atoms with Crippen LogP contribution in [0, 0.1) is 0 Å². The maximum atomic E-state index is 13.2. The Labute approximate surface area is 270 Å². The summed E-state index contributed by atoms with van der Waals surface area (Å²) in [7, 11) is 0. The molecule has 0 aromatic heterocycles. The molecule has 0 aliphatic carbocycles. The highest BCUT2D eigenvalue weighted by atomic mass is 16.2. The number of carbonyl (C=O) groups is 1. The predicted octanol–water partition coefficient (Wildman–Crippen LogP) is 11.2. The summed E-state index contributed by atoms with van der Waals surface area (Å²) in [6, 6.07) is 0. The van der Waals surface area contributed by atoms with Crippen LogP contribution in [0.25, 0.3) is 0 Å². The van der Waals surface area contributed by atoms with Gasteiger partial charge < -0.3 is 16.4 Å². The van der Waals surface area contributed by atoms with Crippen LogP contribution in [0.5, 0.6) is 0 Å². The lowest BCUT2D eigenvalue weighted by atomic mass is 9.98. The number of nitrogens with two attached hydrogens (primary N) is 2. The van der Waals surface area contributed by atoms with E-state index in [1.807, 2.05) is 4.90 Å². The zero-order valence-electron chi connectivity index (χ0n) is 29.4. The summed E-state index contributed by atoms with van der Waals surface area (Å²) in [5, 5.41) is 0. The zero-order valence-corrected chi connectivity index (χ0v) is 29.4. The molecule has 0 aliphatic heterocycles. The number of hydrogen-bond donors (Lipinski definition) is 2. The molecular formula is C39H77N3O. The van der Waals surface area contributed by atoms with Gasteiger partial charge in [0, 0.05) is 19.6 Å². The largest absolute Gasteiger partial charge is 0.341 e. The van der Waals surface area contributed by atoms with Gasteiger partial charge in [0.05, 0.1) is 0 Å². The molecule has 1 amide bonds. The molecule has 4 N–H and O–H groups in total. The predicted molar refractivity (Wildman–Crippen MR) is 193 cm³/mol. The van der Waals surface area contributed by atoms with E-state index >= 15 is 0 Å². The minimum absolute atomic E-state index is 0.0487. The number of nitrogens with zero attached hydrogens (tertiary/aromatic N) is 1. The Morgan fingerprint density at radius 2 is 0.860 bits per heavy atom. The lowest BCUT2D eigenvalue weighted by Crippen LogP contribution is -2.58. The minimum atomic E-state index is -1.14. The fraction of sp³-hybridized carbons (Fsp3) is 0.872. The van der Waals surface area contributed by atoms with Crippen molar-refractivity contribution < 1.29 is 4.79 Å². The van der Waals surface area contributed by atoms with Gasteiger partial charge in [-0.25, -0.2) is 0 Å². The lowest BCUT2D eigenvalue weighted by Gasteiger charge is -2.31. The second kappa shape index (κ2) is 32.3. The minimum Gasteiger partial charge on any atom is -0.341 e. The molecule has 0 rings (SSSR count). The summed E-state index contributed by atoms with van der Waals surface area (Å²) in [5.41, 5.74) is 11.1. The summed E-state index contributed by atoms with van der Waals surface area (Å²) >= 11 is 0. The highest BCUT2D eigenvalue weighted by molar-refractivity contribution is 5.88. The van der Waals surface area contributed by atoms with Crippen molar-refractivity contribution in [1.82, 2.24) is 4.90 Å². The molecule has 0 saturated heterocycles. The van der Waals surface area contributed by atoms with E-state index in [4.69, 9.17) is 11.5 Å². The van der Waals surface area contributed by atoms with Gasteiger partial charge >= 0.3 is 0 Å². The van der Waals surface area contributed by atoms with Crippen LogP contribution in [0.3, 0.4) is 0 Å². The maximum absolute atomic E-state index is 13.2. The van der Waals surface area contributed by atoms with Gasteiger partial charge in [-0.1, -0.05) is 173 Å². The molecule has 0 saturated carbocycles. The van der Waals surface area contributed by atoms with Crippen LogP contribution in [0.1, 0.15) is 194 Å². The Bertz CT molecular complexity index is 634. The van der Waals surface area contributed by atoms with Crippen LogP contribution in [-0.2, 0) is 4.79 Å². The van der Waals surface area contributed by atoms with Crippen LogP contribution < -0.4 is 11.5 Å². The van der Waals surface area contributed by atoms with Crippen LogP contribution in [0.15, 0.2) is 24.8 Å². The van der Waals surface area contributed by atoms with Crippen molar-refractivity contribution in [3.05, 3.63) is 24.8 Å². The smallest absolute Gasteiger partial charge is 0.247 e. The fourth-order valence-corrected chi connectivity index (χ4v) is 5.91. The maximum Gasteiger partial charge on any atom is 0.247 e. The first kappa shape index (κ1) is 41.9. The summed E-state index contributed by atoms with van der Waals surface area (Å²) < 4.78 is 0. The van der Waals surface area contributed by atoms with Crippen molar-refractivity contribution in [2.45, 2.75) is 199 Å². The molecule has 0 bridgehead atoms. The van der Waals surface area contributed by atoms with Crippen molar-refractivity contribution >= 4 is 5.91 Å². The Morgan fingerprint density at radius 3 is 1.16 bits per heavy atom. The van der Waals surface area contributed by atoms with Crippen LogP contribution in [0.4, 0.5) is 0 Å². The van der Waals surface area contributed by atoms with Crippen molar-refractivity contribution in [3.8, 4) is 0 Å². The van der Waals surface area contributed by atoms with Crippen molar-refractivity contribution in [3.63, 3.8) is 0 Å². The van der Waals surface area contributed by atoms with E-state index in [9.17, 15) is 4.79 Å². The quantitative estimate of drug-likeness (QED) is 0.0567. The van der Waals surface area contributed by atoms with Gasteiger partial charge in [0.1, 0.15) is 5.54 Å². The number of hydrogen-bond acceptors (Lipinski definition) is 3. The van der Waals surface area contributed by atoms with Gasteiger partial charge in [0.25, 0.3) is 0 Å². The molecule has 254 valence electrons. The molecule has 0 aliphatic rings. The summed E-state index contributed by atoms with van der Waals surface area (Å²) in [5.74, 6) is -0.0487. The average Bonchev–Trinajstić information content (AvgIpc) is 3.02. The number of carbonyl (C=O) groups excluding carboxylic acids is 1. The monoisotopic (exact) mass is 604 g/mol. The topological polar surface area (TPSA) is 72.3 Å². The second-order valence-electron chi connectivity index (χ2n) is 13.3. The molecule has 0 radical (unpaired) electrons. The third-order valence-electron chi connectivity index (χ3n) is 9.11. The van der Waals surface area contributed by atoms with Crippen LogP contribution >= 0.6 is 0 Å². The van der Waals surface area contributed by atoms with Crippen molar-refractivity contribution in [2.24, 2.45) is 11.5 Å².